The van der Waals surface area contributed by atoms with Crippen molar-refractivity contribution in [2.45, 2.75) is 12.5 Å². The van der Waals surface area contributed by atoms with Crippen LogP contribution in [0.15, 0.2) is 60.7 Å². The molecule has 0 saturated carbocycles. The fourth-order valence-electron chi connectivity index (χ4n) is 2.12. The van der Waals surface area contributed by atoms with Gasteiger partial charge in [0.2, 0.25) is 5.91 Å². The van der Waals surface area contributed by atoms with Crippen LogP contribution in [0.4, 0.5) is 0 Å². The number of carbonyl (C=O) groups excluding carboxylic acids is 1. The minimum Gasteiger partial charge on any atom is -0.391 e. The van der Waals surface area contributed by atoms with Gasteiger partial charge in [0.05, 0.1) is 17.7 Å². The van der Waals surface area contributed by atoms with E-state index in [4.69, 9.17) is 5.26 Å². The van der Waals surface area contributed by atoms with E-state index in [0.717, 1.165) is 11.1 Å². The van der Waals surface area contributed by atoms with E-state index in [1.54, 1.807) is 24.3 Å². The van der Waals surface area contributed by atoms with E-state index in [1.165, 1.54) is 6.08 Å². The largest absolute Gasteiger partial charge is 0.391 e. The van der Waals surface area contributed by atoms with Crippen molar-refractivity contribution >= 4 is 12.0 Å². The van der Waals surface area contributed by atoms with Crippen molar-refractivity contribution in [1.82, 2.24) is 5.32 Å². The van der Waals surface area contributed by atoms with Crippen LogP contribution in [0.5, 0.6) is 0 Å². The Kier molecular flexibility index (Phi) is 6.10. The summed E-state index contributed by atoms with van der Waals surface area (Å²) in [6, 6.07) is 18.7. The van der Waals surface area contributed by atoms with Crippen LogP contribution in [0, 0.1) is 11.3 Å². The van der Waals surface area contributed by atoms with Crippen molar-refractivity contribution in [2.75, 3.05) is 6.54 Å². The highest BCUT2D eigenvalue weighted by atomic mass is 16.3. The summed E-state index contributed by atoms with van der Waals surface area (Å²) in [6.07, 6.45) is 2.90. The van der Waals surface area contributed by atoms with Crippen LogP contribution in [0.3, 0.4) is 0 Å². The van der Waals surface area contributed by atoms with Crippen molar-refractivity contribution < 1.29 is 9.90 Å². The molecule has 23 heavy (non-hydrogen) atoms. The topological polar surface area (TPSA) is 73.1 Å². The molecule has 0 aliphatic carbocycles. The number of hydrogen-bond donors (Lipinski definition) is 2. The Balaban J connectivity index is 1.80. The third-order valence-electron chi connectivity index (χ3n) is 3.27. The zero-order chi connectivity index (χ0) is 16.5. The van der Waals surface area contributed by atoms with Gasteiger partial charge in [-0.3, -0.25) is 4.79 Å². The van der Waals surface area contributed by atoms with Gasteiger partial charge in [-0.25, -0.2) is 0 Å². The Bertz CT molecular complexity index is 718. The van der Waals surface area contributed by atoms with Crippen LogP contribution in [0.1, 0.15) is 16.7 Å². The number of aliphatic hydroxyl groups is 1. The molecule has 2 aromatic carbocycles. The molecular formula is C19H18N2O2. The molecule has 4 heteroatoms. The predicted octanol–water partition coefficient (Wildman–Crippen LogP) is 2.29. The summed E-state index contributed by atoms with van der Waals surface area (Å²) in [5.41, 5.74) is 2.35. The number of nitrogens with one attached hydrogen (secondary N) is 1. The third kappa shape index (κ3) is 5.77. The van der Waals surface area contributed by atoms with Gasteiger partial charge in [-0.15, -0.1) is 0 Å². The lowest BCUT2D eigenvalue weighted by molar-refractivity contribution is -0.116. The molecule has 116 valence electrons. The van der Waals surface area contributed by atoms with Crippen molar-refractivity contribution in [3.05, 3.63) is 77.4 Å². The lowest BCUT2D eigenvalue weighted by Gasteiger charge is -2.10. The zero-order valence-corrected chi connectivity index (χ0v) is 12.6. The minimum absolute atomic E-state index is 0.191. The van der Waals surface area contributed by atoms with Gasteiger partial charge in [-0.05, 0) is 29.3 Å². The molecule has 0 fully saturated rings. The van der Waals surface area contributed by atoms with Crippen LogP contribution in [-0.2, 0) is 11.2 Å². The van der Waals surface area contributed by atoms with Gasteiger partial charge in [0.1, 0.15) is 0 Å². The number of nitriles is 1. The molecule has 2 aromatic rings. The molecular weight excluding hydrogens is 288 g/mol. The number of amides is 1. The number of carbonyl (C=O) groups is 1. The summed E-state index contributed by atoms with van der Waals surface area (Å²) in [6.45, 7) is 0.191. The maximum Gasteiger partial charge on any atom is 0.244 e. The fourth-order valence-corrected chi connectivity index (χ4v) is 2.12. The van der Waals surface area contributed by atoms with Crippen LogP contribution in [-0.4, -0.2) is 23.7 Å². The van der Waals surface area contributed by atoms with Crippen LogP contribution in [0.2, 0.25) is 0 Å². The van der Waals surface area contributed by atoms with Gasteiger partial charge in [-0.1, -0.05) is 42.5 Å². The second kappa shape index (κ2) is 8.52. The summed E-state index contributed by atoms with van der Waals surface area (Å²) in [5, 5.41) is 21.4. The fraction of sp³-hybridized carbons (Fsp3) is 0.158. The summed E-state index contributed by atoms with van der Waals surface area (Å²) in [7, 11) is 0. The van der Waals surface area contributed by atoms with Gasteiger partial charge in [0, 0.05) is 19.0 Å². The number of rotatable bonds is 6. The molecule has 2 rings (SSSR count). The average molecular weight is 306 g/mol. The van der Waals surface area contributed by atoms with Crippen molar-refractivity contribution in [3.63, 3.8) is 0 Å². The van der Waals surface area contributed by atoms with E-state index in [0.29, 0.717) is 12.0 Å². The van der Waals surface area contributed by atoms with E-state index >= 15 is 0 Å². The number of aliphatic hydroxyl groups excluding tert-OH is 1. The molecule has 4 nitrogen and oxygen atoms in total. The van der Waals surface area contributed by atoms with Crippen LogP contribution in [0.25, 0.3) is 6.08 Å². The third-order valence-corrected chi connectivity index (χ3v) is 3.27. The van der Waals surface area contributed by atoms with Crippen molar-refractivity contribution in [3.8, 4) is 6.07 Å². The predicted molar refractivity (Wildman–Crippen MR) is 89.4 cm³/mol. The molecule has 0 bridgehead atoms. The summed E-state index contributed by atoms with van der Waals surface area (Å²) in [4.78, 5) is 11.8. The first kappa shape index (κ1) is 16.5. The molecule has 1 unspecified atom stereocenters. The molecule has 1 amide bonds. The molecule has 0 spiro atoms. The summed E-state index contributed by atoms with van der Waals surface area (Å²) < 4.78 is 0. The SMILES string of the molecule is N#Cc1cccc(/C=C/C(=O)NCC(O)Cc2ccccc2)c1. The van der Waals surface area contributed by atoms with Crippen LogP contribution >= 0.6 is 0 Å². The molecule has 0 radical (unpaired) electrons. The first-order chi connectivity index (χ1) is 11.2. The van der Waals surface area contributed by atoms with Crippen molar-refractivity contribution in [1.29, 1.82) is 5.26 Å². The van der Waals surface area contributed by atoms with E-state index in [-0.39, 0.29) is 12.5 Å². The molecule has 2 N–H and O–H groups in total. The lowest BCUT2D eigenvalue weighted by Crippen LogP contribution is -2.32. The number of benzene rings is 2. The minimum atomic E-state index is -0.628. The van der Waals surface area contributed by atoms with Gasteiger partial charge in [0.15, 0.2) is 0 Å². The molecule has 0 aromatic heterocycles. The molecule has 0 heterocycles. The van der Waals surface area contributed by atoms with E-state index in [9.17, 15) is 9.90 Å². The average Bonchev–Trinajstić information content (AvgIpc) is 2.59. The monoisotopic (exact) mass is 306 g/mol. The smallest absolute Gasteiger partial charge is 0.244 e. The zero-order valence-electron chi connectivity index (χ0n) is 12.6. The Morgan fingerprint density at radius 3 is 2.74 bits per heavy atom. The Morgan fingerprint density at radius 2 is 2.00 bits per heavy atom. The Labute approximate surface area is 135 Å². The summed E-state index contributed by atoms with van der Waals surface area (Å²) in [5.74, 6) is -0.278. The van der Waals surface area contributed by atoms with Gasteiger partial charge < -0.3 is 10.4 Å². The standard InChI is InChI=1S/C19H18N2O2/c20-13-17-8-4-7-16(11-17)9-10-19(23)21-14-18(22)12-15-5-2-1-3-6-15/h1-11,18,22H,12,14H2,(H,21,23)/b10-9+. The summed E-state index contributed by atoms with van der Waals surface area (Å²) >= 11 is 0. The van der Waals surface area contributed by atoms with Gasteiger partial charge >= 0.3 is 0 Å². The highest BCUT2D eigenvalue weighted by Gasteiger charge is 2.06. The van der Waals surface area contributed by atoms with E-state index < -0.39 is 6.10 Å². The highest BCUT2D eigenvalue weighted by Crippen LogP contribution is 2.06. The molecule has 1 atom stereocenters. The molecule has 0 saturated heterocycles. The number of hydrogen-bond acceptors (Lipinski definition) is 3. The quantitative estimate of drug-likeness (QED) is 0.804. The van der Waals surface area contributed by atoms with Crippen molar-refractivity contribution in [2.24, 2.45) is 0 Å². The van der Waals surface area contributed by atoms with Gasteiger partial charge in [-0.2, -0.15) is 5.26 Å². The first-order valence-electron chi connectivity index (χ1n) is 7.35. The molecule has 0 aliphatic rings. The molecule has 0 aliphatic heterocycles. The highest BCUT2D eigenvalue weighted by molar-refractivity contribution is 5.91. The van der Waals surface area contributed by atoms with Crippen LogP contribution < -0.4 is 5.32 Å². The van der Waals surface area contributed by atoms with Gasteiger partial charge in [0.25, 0.3) is 0 Å². The second-order valence-corrected chi connectivity index (χ2v) is 5.16. The first-order valence-corrected chi connectivity index (χ1v) is 7.35. The second-order valence-electron chi connectivity index (χ2n) is 5.16. The van der Waals surface area contributed by atoms with E-state index in [2.05, 4.69) is 11.4 Å². The normalized spacial score (nSPS) is 11.8. The maximum atomic E-state index is 11.8. The Hall–Kier alpha value is -2.90. The maximum absolute atomic E-state index is 11.8. The Morgan fingerprint density at radius 1 is 1.22 bits per heavy atom. The number of nitrogens with zero attached hydrogens (tertiary/aromatic N) is 1. The van der Waals surface area contributed by atoms with E-state index in [1.807, 2.05) is 36.4 Å². The lowest BCUT2D eigenvalue weighted by atomic mass is 10.1.